The van der Waals surface area contributed by atoms with Crippen LogP contribution in [-0.2, 0) is 60.2 Å². The third kappa shape index (κ3) is 18.7. The van der Waals surface area contributed by atoms with Gasteiger partial charge in [0, 0.05) is 98.1 Å². The Kier molecular flexibility index (Phi) is 26.3. The number of hydrogen-bond donors (Lipinski definition) is 4. The van der Waals surface area contributed by atoms with Gasteiger partial charge in [0.2, 0.25) is 11.8 Å². The Labute approximate surface area is 630 Å². The van der Waals surface area contributed by atoms with Crippen LogP contribution in [0, 0.1) is 22.2 Å². The number of nitriles is 1. The molecule has 1 saturated heterocycles. The van der Waals surface area contributed by atoms with E-state index in [-0.39, 0.29) is 122 Å². The molecule has 25 nitrogen and oxygen atoms in total. The summed E-state index contributed by atoms with van der Waals surface area (Å²) in [4.78, 5) is 110. The van der Waals surface area contributed by atoms with E-state index >= 15 is 0 Å². The lowest BCUT2D eigenvalue weighted by Crippen LogP contribution is -2.39. The third-order valence-electron chi connectivity index (χ3n) is 18.7. The molecule has 1 aromatic heterocycles. The highest BCUT2D eigenvalue weighted by atomic mass is 31.2. The Balaban J connectivity index is 0.727. The number of nitrogens with zero attached hydrogens (tertiary/aromatic N) is 3. The quantitative estimate of drug-likeness (QED) is 0.00976. The molecule has 1 unspecified atom stereocenters. The number of unbranched alkanes of at least 4 members (excludes halogenated alkanes) is 2. The largest absolute Gasteiger partial charge is 0.497 e. The fraction of sp³-hybridized carbons (Fsp3) is 0.427. The van der Waals surface area contributed by atoms with Gasteiger partial charge in [-0.25, -0.2) is 14.3 Å². The van der Waals surface area contributed by atoms with Crippen LogP contribution >= 0.6 is 8.53 Å². The molecular weight excluding hydrogens is 1400 g/mol. The van der Waals surface area contributed by atoms with E-state index in [0.29, 0.717) is 60.4 Å². The Morgan fingerprint density at radius 1 is 0.667 bits per heavy atom. The maximum Gasteiger partial charge on any atom is 0.340 e. The number of fused-ring (bicyclic) bond motifs is 6. The monoisotopic (exact) mass is 1500 g/mol. The predicted molar refractivity (Wildman–Crippen MR) is 403 cm³/mol. The Bertz CT molecular complexity index is 4410. The van der Waals surface area contributed by atoms with Gasteiger partial charge < -0.3 is 62.9 Å². The van der Waals surface area contributed by atoms with E-state index in [1.54, 1.807) is 98.2 Å². The second kappa shape index (κ2) is 35.3. The predicted octanol–water partition coefficient (Wildman–Crippen LogP) is 12.5. The van der Waals surface area contributed by atoms with Crippen molar-refractivity contribution in [2.45, 2.75) is 169 Å². The van der Waals surface area contributed by atoms with Gasteiger partial charge in [0.05, 0.1) is 74.1 Å². The van der Waals surface area contributed by atoms with Crippen LogP contribution in [0.3, 0.4) is 0 Å². The Morgan fingerprint density at radius 3 is 1.78 bits per heavy atom. The molecule has 4 atom stereocenters. The van der Waals surface area contributed by atoms with Crippen molar-refractivity contribution in [1.29, 1.82) is 5.26 Å². The van der Waals surface area contributed by atoms with E-state index in [9.17, 15) is 43.6 Å². The highest BCUT2D eigenvalue weighted by molar-refractivity contribution is 7.44. The number of methoxy groups -OCH3 is 2. The van der Waals surface area contributed by atoms with E-state index in [1.165, 1.54) is 22.9 Å². The first-order valence-electron chi connectivity index (χ1n) is 36.4. The van der Waals surface area contributed by atoms with Gasteiger partial charge in [-0.1, -0.05) is 61.0 Å². The molecule has 0 aliphatic carbocycles. The normalized spacial score (nSPS) is 16.0. The van der Waals surface area contributed by atoms with Gasteiger partial charge in [0.15, 0.2) is 5.60 Å². The number of carbonyl (C=O) groups is 6. The number of aromatic nitrogens is 2. The molecule has 108 heavy (non-hydrogen) atoms. The van der Waals surface area contributed by atoms with Gasteiger partial charge in [0.1, 0.15) is 46.2 Å². The van der Waals surface area contributed by atoms with Crippen LogP contribution in [-0.4, -0.2) is 121 Å². The first-order valence-corrected chi connectivity index (χ1v) is 37.5. The first-order chi connectivity index (χ1) is 51.6. The molecule has 572 valence electrons. The standard InChI is InChI=1S/C82H96N7O18P/c1-51(2)89(52(3)4)108(101-44-19-39-83)107-69-48-66(104-70(69)50-100-81(54-21-15-13-16-22-54,55-25-29-57(98-11)30-26-55)56-27-31-58(99-12)32-28-56)62-49-88(78(97)87-74(62)93)43-38-72(91)85-42-20-41-84-71(90)23-17-14-18-40-86-73(92)53-24-35-61-65(45-53)82(106-75(61)94)63-36-33-59(102-76(95)79(5,6)7)46-67(63)105-68-47-60(34-37-64(68)82)103-77(96)80(8,9)10/h13,15-16,21-22,24-37,45-47,49,51-52,66,69-70H,14,17-20,23,38,40-44,48,50H2,1-12H3,(H,84,90)(H,85,91)(H,86,92)(H,87,93,97)/t66-,69+,70-,108?/m1/s1. The summed E-state index contributed by atoms with van der Waals surface area (Å²) in [5.41, 5.74) is -1.74. The number of benzene rings is 6. The first kappa shape index (κ1) is 80.5. The zero-order chi connectivity index (χ0) is 77.7. The number of carbonyl (C=O) groups excluding carboxylic acids is 6. The number of aromatic amines is 1. The van der Waals surface area contributed by atoms with Crippen LogP contribution in [0.15, 0.2) is 149 Å². The van der Waals surface area contributed by atoms with E-state index < -0.39 is 83.9 Å². The van der Waals surface area contributed by atoms with Crippen molar-refractivity contribution in [3.63, 3.8) is 0 Å². The van der Waals surface area contributed by atoms with Crippen LogP contribution in [0.25, 0.3) is 0 Å². The van der Waals surface area contributed by atoms with Crippen LogP contribution < -0.4 is 50.9 Å². The summed E-state index contributed by atoms with van der Waals surface area (Å²) in [6.07, 6.45) is 1.45. The SMILES string of the molecule is COc1ccc(C(OC[C@H]2O[C@@H](c3cn(CCC(=O)NCCCNC(=O)CCCCCNC(=O)c4ccc5c(c4)C4(OC5=O)c5ccc(OC(=O)C(C)(C)C)cc5Oc5cc(OC(=O)C(C)(C)C)ccc54)c(=O)[nH]c3=O)C[C@@H]2OP(OCCC#N)N(C(C)C)C(C)C)(c2ccccc2)c2ccc(OC)cc2)cc1. The van der Waals surface area contributed by atoms with Gasteiger partial charge in [-0.15, -0.1) is 0 Å². The number of H-pyrrole nitrogens is 1. The van der Waals surface area contributed by atoms with Crippen LogP contribution in [0.2, 0.25) is 0 Å². The molecule has 10 rings (SSSR count). The average Bonchev–Trinajstić information content (AvgIpc) is 1.49. The van der Waals surface area contributed by atoms with Crippen molar-refractivity contribution in [1.82, 2.24) is 30.2 Å². The van der Waals surface area contributed by atoms with E-state index in [4.69, 9.17) is 46.9 Å². The summed E-state index contributed by atoms with van der Waals surface area (Å²) >= 11 is 0. The summed E-state index contributed by atoms with van der Waals surface area (Å²) in [7, 11) is 1.38. The fourth-order valence-electron chi connectivity index (χ4n) is 13.1. The van der Waals surface area contributed by atoms with Crippen molar-refractivity contribution >= 4 is 44.2 Å². The van der Waals surface area contributed by atoms with Crippen molar-refractivity contribution in [3.05, 3.63) is 211 Å². The van der Waals surface area contributed by atoms with Crippen molar-refractivity contribution in [3.8, 4) is 40.6 Å². The van der Waals surface area contributed by atoms with Gasteiger partial charge in [-0.2, -0.15) is 5.26 Å². The topological polar surface area (TPSA) is 313 Å². The number of hydrogen-bond acceptors (Lipinski definition) is 20. The Morgan fingerprint density at radius 2 is 1.22 bits per heavy atom. The number of ether oxygens (including phenoxy) is 8. The molecule has 4 N–H and O–H groups in total. The van der Waals surface area contributed by atoms with Crippen LogP contribution in [0.4, 0.5) is 0 Å². The van der Waals surface area contributed by atoms with E-state index in [2.05, 4.69) is 31.7 Å². The van der Waals surface area contributed by atoms with Gasteiger partial charge in [-0.3, -0.25) is 38.3 Å². The minimum atomic E-state index is -1.82. The maximum absolute atomic E-state index is 14.0. The minimum Gasteiger partial charge on any atom is -0.497 e. The second-order valence-corrected chi connectivity index (χ2v) is 30.7. The van der Waals surface area contributed by atoms with Gasteiger partial charge in [-0.05, 0) is 172 Å². The lowest BCUT2D eigenvalue weighted by atomic mass is 9.77. The lowest BCUT2D eigenvalue weighted by Gasteiger charge is -2.39. The van der Waals surface area contributed by atoms with E-state index in [1.807, 2.05) is 107 Å². The molecule has 1 fully saturated rings. The summed E-state index contributed by atoms with van der Waals surface area (Å²) in [5.74, 6) is -0.489. The molecule has 0 bridgehead atoms. The zero-order valence-electron chi connectivity index (χ0n) is 63.2. The number of amides is 3. The smallest absolute Gasteiger partial charge is 0.340 e. The van der Waals surface area contributed by atoms with Gasteiger partial charge in [0.25, 0.3) is 20.0 Å². The molecule has 3 amide bonds. The molecule has 6 aromatic carbocycles. The molecule has 0 radical (unpaired) electrons. The minimum absolute atomic E-state index is 0.0329. The second-order valence-electron chi connectivity index (χ2n) is 29.3. The van der Waals surface area contributed by atoms with Crippen LogP contribution in [0.1, 0.15) is 186 Å². The third-order valence-corrected chi connectivity index (χ3v) is 20.9. The van der Waals surface area contributed by atoms with Crippen molar-refractivity contribution in [2.24, 2.45) is 10.8 Å². The number of nitrogens with one attached hydrogen (secondary N) is 4. The number of aryl methyl sites for hydroxylation is 1. The van der Waals surface area contributed by atoms with Crippen molar-refractivity contribution < 1.29 is 75.7 Å². The fourth-order valence-corrected chi connectivity index (χ4v) is 14.9. The van der Waals surface area contributed by atoms with E-state index in [0.717, 1.165) is 16.7 Å². The molecule has 0 saturated carbocycles. The summed E-state index contributed by atoms with van der Waals surface area (Å²) in [5, 5.41) is 18.2. The molecule has 3 aliphatic rings. The molecule has 4 heterocycles. The summed E-state index contributed by atoms with van der Waals surface area (Å²) in [6, 6.07) is 41.3. The molecule has 1 spiro atoms. The Hall–Kier alpha value is -10.1. The van der Waals surface area contributed by atoms with Crippen LogP contribution in [0.5, 0.6) is 34.5 Å². The molecular formula is C82H96N7O18P. The highest BCUT2D eigenvalue weighted by Gasteiger charge is 2.54. The number of esters is 3. The molecule has 3 aliphatic heterocycles. The van der Waals surface area contributed by atoms with Crippen molar-refractivity contribution in [2.75, 3.05) is 47.1 Å². The molecule has 7 aromatic rings. The molecule has 26 heteroatoms. The maximum atomic E-state index is 14.0. The number of rotatable bonds is 33. The summed E-state index contributed by atoms with van der Waals surface area (Å²) < 4.78 is 66.4. The van der Waals surface area contributed by atoms with Gasteiger partial charge >= 0.3 is 23.6 Å². The highest BCUT2D eigenvalue weighted by Crippen LogP contribution is 2.58. The summed E-state index contributed by atoms with van der Waals surface area (Å²) in [6.45, 7) is 19.3. The zero-order valence-corrected chi connectivity index (χ0v) is 64.1. The average molecular weight is 1500 g/mol. The lowest BCUT2D eigenvalue weighted by molar-refractivity contribution is -0.143.